The van der Waals surface area contributed by atoms with Gasteiger partial charge >= 0.3 is 0 Å². The number of nitrogens with one attached hydrogen (secondary N) is 1. The first-order chi connectivity index (χ1) is 12.3. The molecule has 0 unspecified atom stereocenters. The Morgan fingerprint density at radius 3 is 2.73 bits per heavy atom. The molecular weight excluding hydrogens is 354 g/mol. The van der Waals surface area contributed by atoms with E-state index in [-0.39, 0.29) is 29.7 Å². The van der Waals surface area contributed by atoms with Gasteiger partial charge in [-0.25, -0.2) is 12.7 Å². The Hall–Kier alpha value is -1.93. The van der Waals surface area contributed by atoms with Crippen molar-refractivity contribution in [2.75, 3.05) is 18.8 Å². The number of amides is 2. The molecule has 2 aliphatic heterocycles. The van der Waals surface area contributed by atoms with Crippen molar-refractivity contribution in [1.82, 2.24) is 14.5 Å². The average molecular weight is 377 g/mol. The van der Waals surface area contributed by atoms with Gasteiger partial charge in [-0.2, -0.15) is 0 Å². The van der Waals surface area contributed by atoms with Crippen LogP contribution in [0, 0.1) is 6.92 Å². The Kier molecular flexibility index (Phi) is 4.27. The molecule has 0 aromatic heterocycles. The van der Waals surface area contributed by atoms with Crippen molar-refractivity contribution in [3.8, 4) is 0 Å². The minimum Gasteiger partial charge on any atom is -0.348 e. The molecule has 3 fully saturated rings. The van der Waals surface area contributed by atoms with Gasteiger partial charge < -0.3 is 5.32 Å². The molecule has 0 radical (unpaired) electrons. The summed E-state index contributed by atoms with van der Waals surface area (Å²) in [5.41, 5.74) is 1.61. The summed E-state index contributed by atoms with van der Waals surface area (Å²) in [7, 11) is -3.52. The molecule has 0 bridgehead atoms. The van der Waals surface area contributed by atoms with Gasteiger partial charge in [0.05, 0.1) is 11.8 Å². The number of aryl methyl sites for hydroxylation is 1. The predicted molar refractivity (Wildman–Crippen MR) is 96.1 cm³/mol. The van der Waals surface area contributed by atoms with Gasteiger partial charge in [-0.05, 0) is 38.3 Å². The lowest BCUT2D eigenvalue weighted by molar-refractivity contribution is -0.130. The van der Waals surface area contributed by atoms with Crippen LogP contribution in [0.3, 0.4) is 0 Å². The van der Waals surface area contributed by atoms with Gasteiger partial charge in [0.1, 0.15) is 0 Å². The molecule has 2 saturated heterocycles. The summed E-state index contributed by atoms with van der Waals surface area (Å²) >= 11 is 0. The van der Waals surface area contributed by atoms with Crippen LogP contribution in [0.1, 0.15) is 35.2 Å². The molecule has 3 aliphatic rings. The third-order valence-corrected chi connectivity index (χ3v) is 7.11. The Morgan fingerprint density at radius 1 is 1.27 bits per heavy atom. The van der Waals surface area contributed by atoms with Crippen LogP contribution in [-0.2, 0) is 14.8 Å². The van der Waals surface area contributed by atoms with Gasteiger partial charge in [-0.1, -0.05) is 17.7 Å². The Morgan fingerprint density at radius 2 is 2.04 bits per heavy atom. The van der Waals surface area contributed by atoms with Crippen LogP contribution in [-0.4, -0.2) is 66.4 Å². The summed E-state index contributed by atoms with van der Waals surface area (Å²) in [6.45, 7) is 2.77. The summed E-state index contributed by atoms with van der Waals surface area (Å²) in [6.07, 6.45) is 1.96. The summed E-state index contributed by atoms with van der Waals surface area (Å²) in [4.78, 5) is 27.2. The fourth-order valence-corrected chi connectivity index (χ4v) is 5.62. The van der Waals surface area contributed by atoms with Crippen LogP contribution >= 0.6 is 0 Å². The zero-order chi connectivity index (χ0) is 18.5. The summed E-state index contributed by atoms with van der Waals surface area (Å²) < 4.78 is 25.9. The van der Waals surface area contributed by atoms with Crippen molar-refractivity contribution < 1.29 is 18.0 Å². The molecule has 1 aromatic carbocycles. The third kappa shape index (κ3) is 3.23. The van der Waals surface area contributed by atoms with Crippen molar-refractivity contribution >= 4 is 21.8 Å². The van der Waals surface area contributed by atoms with E-state index in [1.165, 1.54) is 0 Å². The van der Waals surface area contributed by atoms with E-state index in [4.69, 9.17) is 0 Å². The third-order valence-electron chi connectivity index (χ3n) is 5.34. The summed E-state index contributed by atoms with van der Waals surface area (Å²) in [6, 6.07) is 6.59. The number of hydrogen-bond acceptors (Lipinski definition) is 5. The molecule has 140 valence electrons. The molecular formula is C18H23N3O4S. The molecule has 2 amide bonds. The fourth-order valence-electron chi connectivity index (χ4n) is 3.90. The number of nitrogens with zero attached hydrogens (tertiary/aromatic N) is 2. The van der Waals surface area contributed by atoms with E-state index in [1.807, 2.05) is 30.0 Å². The molecule has 1 saturated carbocycles. The Bertz CT molecular complexity index is 850. The molecule has 1 aliphatic carbocycles. The van der Waals surface area contributed by atoms with Crippen molar-refractivity contribution in [3.63, 3.8) is 0 Å². The lowest BCUT2D eigenvalue weighted by Gasteiger charge is -2.23. The van der Waals surface area contributed by atoms with Crippen molar-refractivity contribution in [2.45, 2.75) is 44.3 Å². The number of carbonyl (C=O) groups is 2. The molecule has 1 aromatic rings. The number of hydrogen-bond donors (Lipinski definition) is 1. The van der Waals surface area contributed by atoms with Crippen LogP contribution in [0.5, 0.6) is 0 Å². The molecule has 8 heteroatoms. The minimum absolute atomic E-state index is 0.0374. The van der Waals surface area contributed by atoms with Crippen molar-refractivity contribution in [1.29, 1.82) is 0 Å². The van der Waals surface area contributed by atoms with E-state index < -0.39 is 16.1 Å². The van der Waals surface area contributed by atoms with Gasteiger partial charge in [-0.3, -0.25) is 14.5 Å². The van der Waals surface area contributed by atoms with E-state index in [0.717, 1.165) is 22.7 Å². The summed E-state index contributed by atoms with van der Waals surface area (Å²) in [5.74, 6) is -0.516. The van der Waals surface area contributed by atoms with E-state index in [2.05, 4.69) is 5.32 Å². The Labute approximate surface area is 153 Å². The standard InChI is InChI=1S/C18H23N3O4S/c1-12-3-2-4-13(9-12)17(22)19-14-10-16-18(23)21(15-5-6-15)26(24,25)8-7-20(16)11-14/h2-4,9,14-16H,5-8,10-11H2,1H3,(H,19,22)/t14-,16-/m0/s1. The zero-order valence-electron chi connectivity index (χ0n) is 14.7. The highest BCUT2D eigenvalue weighted by Gasteiger charge is 2.49. The van der Waals surface area contributed by atoms with Gasteiger partial charge in [0, 0.05) is 30.7 Å². The first-order valence-corrected chi connectivity index (χ1v) is 10.6. The molecule has 26 heavy (non-hydrogen) atoms. The number of benzene rings is 1. The van der Waals surface area contributed by atoms with E-state index in [0.29, 0.717) is 25.1 Å². The molecule has 1 N–H and O–H groups in total. The summed E-state index contributed by atoms with van der Waals surface area (Å²) in [5, 5.41) is 3.00. The normalized spacial score (nSPS) is 28.5. The largest absolute Gasteiger partial charge is 0.348 e. The highest BCUT2D eigenvalue weighted by molar-refractivity contribution is 7.89. The quantitative estimate of drug-likeness (QED) is 0.829. The smallest absolute Gasteiger partial charge is 0.253 e. The van der Waals surface area contributed by atoms with Crippen LogP contribution < -0.4 is 5.32 Å². The second kappa shape index (κ2) is 6.35. The fraction of sp³-hybridized carbons (Fsp3) is 0.556. The van der Waals surface area contributed by atoms with Gasteiger partial charge in [-0.15, -0.1) is 0 Å². The zero-order valence-corrected chi connectivity index (χ0v) is 15.5. The molecule has 4 rings (SSSR count). The highest BCUT2D eigenvalue weighted by atomic mass is 32.2. The van der Waals surface area contributed by atoms with Gasteiger partial charge in [0.25, 0.3) is 11.8 Å². The average Bonchev–Trinajstić information content (AvgIpc) is 3.33. The van der Waals surface area contributed by atoms with Gasteiger partial charge in [0.2, 0.25) is 10.0 Å². The molecule has 2 heterocycles. The maximum atomic E-state index is 12.9. The van der Waals surface area contributed by atoms with Crippen molar-refractivity contribution in [3.05, 3.63) is 35.4 Å². The first kappa shape index (κ1) is 17.5. The highest BCUT2D eigenvalue weighted by Crippen LogP contribution is 2.34. The Balaban J connectivity index is 1.48. The van der Waals surface area contributed by atoms with Crippen LogP contribution in [0.4, 0.5) is 0 Å². The number of rotatable bonds is 3. The van der Waals surface area contributed by atoms with Crippen LogP contribution in [0.2, 0.25) is 0 Å². The minimum atomic E-state index is -3.52. The maximum absolute atomic E-state index is 12.9. The molecule has 0 spiro atoms. The first-order valence-electron chi connectivity index (χ1n) is 9.03. The van der Waals surface area contributed by atoms with Crippen molar-refractivity contribution in [2.24, 2.45) is 0 Å². The van der Waals surface area contributed by atoms with E-state index >= 15 is 0 Å². The second-order valence-corrected chi connectivity index (χ2v) is 9.43. The van der Waals surface area contributed by atoms with Gasteiger partial charge in [0.15, 0.2) is 0 Å². The second-order valence-electron chi connectivity index (χ2n) is 7.47. The maximum Gasteiger partial charge on any atom is 0.253 e. The monoisotopic (exact) mass is 377 g/mol. The van der Waals surface area contributed by atoms with Crippen LogP contribution in [0.25, 0.3) is 0 Å². The number of carbonyl (C=O) groups excluding carboxylic acids is 2. The lowest BCUT2D eigenvalue weighted by atomic mass is 10.1. The topological polar surface area (TPSA) is 86.8 Å². The van der Waals surface area contributed by atoms with E-state index in [9.17, 15) is 18.0 Å². The molecule has 2 atom stereocenters. The number of fused-ring (bicyclic) bond motifs is 1. The lowest BCUT2D eigenvalue weighted by Crippen LogP contribution is -2.45. The van der Waals surface area contributed by atoms with E-state index in [1.54, 1.807) is 6.07 Å². The van der Waals surface area contributed by atoms with Crippen LogP contribution in [0.15, 0.2) is 24.3 Å². The number of sulfonamides is 1. The SMILES string of the molecule is Cc1cccc(C(=O)N[C@H]2C[C@H]3C(=O)N(C4CC4)S(=O)(=O)CCN3C2)c1. The molecule has 7 nitrogen and oxygen atoms in total. The predicted octanol–water partition coefficient (Wildman–Crippen LogP) is 0.502.